The molecule has 3 heterocycles. The molecule has 0 spiro atoms. The van der Waals surface area contributed by atoms with Crippen LogP contribution in [-0.4, -0.2) is 39.4 Å². The Morgan fingerprint density at radius 2 is 2.42 bits per heavy atom. The number of aryl methyl sites for hydroxylation is 1. The van der Waals surface area contributed by atoms with Gasteiger partial charge in [-0.1, -0.05) is 11.3 Å². The first kappa shape index (κ1) is 12.6. The average Bonchev–Trinajstić information content (AvgIpc) is 2.83. The second-order valence-electron chi connectivity index (χ2n) is 4.95. The lowest BCUT2D eigenvalue weighted by Gasteiger charge is -2.31. The van der Waals surface area contributed by atoms with E-state index in [0.717, 1.165) is 31.1 Å². The zero-order valence-electron chi connectivity index (χ0n) is 10.7. The highest BCUT2D eigenvalue weighted by Crippen LogP contribution is 2.26. The molecule has 0 amide bonds. The second-order valence-corrected chi connectivity index (χ2v) is 5.89. The number of fused-ring (bicyclic) bond motifs is 1. The summed E-state index contributed by atoms with van der Waals surface area (Å²) in [5, 5.41) is 14.4. The van der Waals surface area contributed by atoms with Crippen molar-refractivity contribution in [2.24, 2.45) is 5.92 Å². The van der Waals surface area contributed by atoms with E-state index in [1.165, 1.54) is 21.9 Å². The van der Waals surface area contributed by atoms with Gasteiger partial charge in [0.05, 0.1) is 0 Å². The van der Waals surface area contributed by atoms with Gasteiger partial charge in [0.1, 0.15) is 0 Å². The van der Waals surface area contributed by atoms with Crippen LogP contribution in [0.2, 0.25) is 0 Å². The van der Waals surface area contributed by atoms with Gasteiger partial charge in [0.2, 0.25) is 10.1 Å². The van der Waals surface area contributed by atoms with Crippen molar-refractivity contribution in [2.75, 3.05) is 24.6 Å². The van der Waals surface area contributed by atoms with Crippen molar-refractivity contribution in [2.45, 2.75) is 19.8 Å². The third-order valence-corrected chi connectivity index (χ3v) is 4.38. The predicted octanol–water partition coefficient (Wildman–Crippen LogP) is 0.668. The first-order chi connectivity index (χ1) is 9.17. The molecule has 1 atom stereocenters. The third-order valence-electron chi connectivity index (χ3n) is 3.41. The quantitative estimate of drug-likeness (QED) is 0.875. The summed E-state index contributed by atoms with van der Waals surface area (Å²) in [6.45, 7) is 3.73. The molecule has 1 saturated heterocycles. The molecule has 0 aliphatic carbocycles. The van der Waals surface area contributed by atoms with Crippen LogP contribution in [0.15, 0.2) is 10.9 Å². The monoisotopic (exact) mass is 280 g/mol. The number of aliphatic hydroxyl groups excluding tert-OH is 1. The van der Waals surface area contributed by atoms with Crippen molar-refractivity contribution in [1.29, 1.82) is 0 Å². The van der Waals surface area contributed by atoms with Gasteiger partial charge in [0.25, 0.3) is 5.56 Å². The van der Waals surface area contributed by atoms with E-state index in [1.807, 2.05) is 6.92 Å². The standard InChI is InChI=1S/C12H16N4O2S/c1-8-5-10(18)16-11(13-8)19-12(14-16)15-4-2-3-9(6-15)7-17/h5,9,17H,2-4,6-7H2,1H3. The Labute approximate surface area is 114 Å². The molecular formula is C12H16N4O2S. The molecular weight excluding hydrogens is 264 g/mol. The van der Waals surface area contributed by atoms with Crippen molar-refractivity contribution in [3.05, 3.63) is 22.1 Å². The number of anilines is 1. The predicted molar refractivity (Wildman–Crippen MR) is 73.9 cm³/mol. The van der Waals surface area contributed by atoms with Gasteiger partial charge in [0.15, 0.2) is 0 Å². The molecule has 0 bridgehead atoms. The molecule has 0 aromatic carbocycles. The number of aliphatic hydroxyl groups is 1. The minimum atomic E-state index is -0.138. The summed E-state index contributed by atoms with van der Waals surface area (Å²) < 4.78 is 1.36. The fourth-order valence-electron chi connectivity index (χ4n) is 2.43. The molecule has 7 heteroatoms. The van der Waals surface area contributed by atoms with Crippen LogP contribution in [0.5, 0.6) is 0 Å². The van der Waals surface area contributed by atoms with Crippen molar-refractivity contribution in [3.63, 3.8) is 0 Å². The highest BCUT2D eigenvalue weighted by atomic mass is 32.1. The van der Waals surface area contributed by atoms with Crippen LogP contribution in [0, 0.1) is 12.8 Å². The topological polar surface area (TPSA) is 70.7 Å². The molecule has 102 valence electrons. The van der Waals surface area contributed by atoms with Crippen molar-refractivity contribution in [3.8, 4) is 0 Å². The lowest BCUT2D eigenvalue weighted by Crippen LogP contribution is -2.36. The van der Waals surface area contributed by atoms with E-state index in [1.54, 1.807) is 0 Å². The Hall–Kier alpha value is -1.47. The first-order valence-electron chi connectivity index (χ1n) is 6.40. The third kappa shape index (κ3) is 2.35. The molecule has 6 nitrogen and oxygen atoms in total. The van der Waals surface area contributed by atoms with Gasteiger partial charge in [-0.15, -0.1) is 5.10 Å². The summed E-state index contributed by atoms with van der Waals surface area (Å²) in [6.07, 6.45) is 2.09. The van der Waals surface area contributed by atoms with Crippen LogP contribution < -0.4 is 10.5 Å². The molecule has 1 aliphatic heterocycles. The van der Waals surface area contributed by atoms with E-state index >= 15 is 0 Å². The molecule has 19 heavy (non-hydrogen) atoms. The molecule has 1 aliphatic rings. The Kier molecular flexibility index (Phi) is 3.24. The Bertz CT molecular complexity index is 651. The van der Waals surface area contributed by atoms with Gasteiger partial charge < -0.3 is 10.0 Å². The van der Waals surface area contributed by atoms with E-state index in [9.17, 15) is 9.90 Å². The number of piperidine rings is 1. The molecule has 3 rings (SSSR count). The van der Waals surface area contributed by atoms with Gasteiger partial charge >= 0.3 is 0 Å². The molecule has 2 aromatic rings. The number of hydrogen-bond acceptors (Lipinski definition) is 6. The van der Waals surface area contributed by atoms with Crippen LogP contribution in [-0.2, 0) is 0 Å². The molecule has 1 N–H and O–H groups in total. The minimum absolute atomic E-state index is 0.138. The van der Waals surface area contributed by atoms with E-state index < -0.39 is 0 Å². The molecule has 1 unspecified atom stereocenters. The largest absolute Gasteiger partial charge is 0.396 e. The number of hydrogen-bond donors (Lipinski definition) is 1. The van der Waals surface area contributed by atoms with Gasteiger partial charge in [-0.05, 0) is 25.7 Å². The maximum absolute atomic E-state index is 11.8. The van der Waals surface area contributed by atoms with E-state index in [4.69, 9.17) is 0 Å². The Morgan fingerprint density at radius 1 is 1.58 bits per heavy atom. The lowest BCUT2D eigenvalue weighted by molar-refractivity contribution is 0.208. The van der Waals surface area contributed by atoms with Crippen LogP contribution in [0.1, 0.15) is 18.5 Å². The fraction of sp³-hybridized carbons (Fsp3) is 0.583. The highest BCUT2D eigenvalue weighted by Gasteiger charge is 2.22. The van der Waals surface area contributed by atoms with Gasteiger partial charge in [-0.3, -0.25) is 4.79 Å². The van der Waals surface area contributed by atoms with Gasteiger partial charge in [0, 0.05) is 31.5 Å². The summed E-state index contributed by atoms with van der Waals surface area (Å²) >= 11 is 1.43. The van der Waals surface area contributed by atoms with Crippen molar-refractivity contribution >= 4 is 21.4 Å². The SMILES string of the molecule is Cc1cc(=O)n2nc(N3CCCC(CO)C3)sc2n1. The fourth-order valence-corrected chi connectivity index (χ4v) is 3.41. The van der Waals surface area contributed by atoms with E-state index in [2.05, 4.69) is 15.0 Å². The summed E-state index contributed by atoms with van der Waals surface area (Å²) in [7, 11) is 0. The lowest BCUT2D eigenvalue weighted by atomic mass is 10.00. The van der Waals surface area contributed by atoms with Gasteiger partial charge in [-0.25, -0.2) is 4.98 Å². The van der Waals surface area contributed by atoms with E-state index in [-0.39, 0.29) is 12.2 Å². The van der Waals surface area contributed by atoms with Crippen LogP contribution in [0.3, 0.4) is 0 Å². The minimum Gasteiger partial charge on any atom is -0.396 e. The van der Waals surface area contributed by atoms with Gasteiger partial charge in [-0.2, -0.15) is 4.52 Å². The summed E-state index contributed by atoms with van der Waals surface area (Å²) in [5.41, 5.74) is 0.577. The zero-order valence-corrected chi connectivity index (χ0v) is 11.6. The Balaban J connectivity index is 1.97. The Morgan fingerprint density at radius 3 is 3.21 bits per heavy atom. The van der Waals surface area contributed by atoms with Crippen LogP contribution in [0.4, 0.5) is 5.13 Å². The second kappa shape index (κ2) is 4.90. The van der Waals surface area contributed by atoms with E-state index in [0.29, 0.717) is 16.6 Å². The maximum atomic E-state index is 11.8. The average molecular weight is 280 g/mol. The number of nitrogens with zero attached hydrogens (tertiary/aromatic N) is 4. The first-order valence-corrected chi connectivity index (χ1v) is 7.22. The van der Waals surface area contributed by atoms with Crippen LogP contribution in [0.25, 0.3) is 4.96 Å². The summed E-state index contributed by atoms with van der Waals surface area (Å²) in [4.78, 5) is 18.9. The molecule has 0 saturated carbocycles. The molecule has 1 fully saturated rings. The maximum Gasteiger partial charge on any atom is 0.275 e. The normalized spacial score (nSPS) is 20.1. The smallest absolute Gasteiger partial charge is 0.275 e. The van der Waals surface area contributed by atoms with Crippen molar-refractivity contribution < 1.29 is 5.11 Å². The molecule has 0 radical (unpaired) electrons. The molecule has 2 aromatic heterocycles. The van der Waals surface area contributed by atoms with Crippen LogP contribution >= 0.6 is 11.3 Å². The van der Waals surface area contributed by atoms with Crippen molar-refractivity contribution in [1.82, 2.24) is 14.6 Å². The summed E-state index contributed by atoms with van der Waals surface area (Å²) in [5.74, 6) is 0.298. The summed E-state index contributed by atoms with van der Waals surface area (Å²) in [6, 6.07) is 1.49. The number of aromatic nitrogens is 3. The zero-order chi connectivity index (χ0) is 13.4. The highest BCUT2D eigenvalue weighted by molar-refractivity contribution is 7.20. The number of rotatable bonds is 2.